The summed E-state index contributed by atoms with van der Waals surface area (Å²) in [6.45, 7) is 1.70. The standard InChI is InChI=1S/C6H10O4.C3H8O2/c7-5(8)3-1-2-4-6(9)10;1-2-3(4)5/h1-4H2,(H,7,8)(H,9,10);3-5H,2H2,1H3. The van der Waals surface area contributed by atoms with Crippen molar-refractivity contribution >= 4 is 11.9 Å². The van der Waals surface area contributed by atoms with Crippen molar-refractivity contribution in [1.29, 1.82) is 0 Å². The van der Waals surface area contributed by atoms with Gasteiger partial charge in [-0.15, -0.1) is 0 Å². The average Bonchev–Trinajstić information content (AvgIpc) is 2.13. The quantitative estimate of drug-likeness (QED) is 0.382. The molecule has 0 aliphatic rings. The Kier molecular flexibility index (Phi) is 11.9. The molecule has 90 valence electrons. The van der Waals surface area contributed by atoms with Crippen molar-refractivity contribution in [3.8, 4) is 0 Å². The molecular formula is C9H18O6. The van der Waals surface area contributed by atoms with Gasteiger partial charge in [0.1, 0.15) is 0 Å². The second kappa shape index (κ2) is 10.9. The van der Waals surface area contributed by atoms with E-state index in [-0.39, 0.29) is 12.8 Å². The smallest absolute Gasteiger partial charge is 0.303 e. The lowest BCUT2D eigenvalue weighted by Gasteiger charge is -1.92. The van der Waals surface area contributed by atoms with Crippen LogP contribution in [0.5, 0.6) is 0 Å². The van der Waals surface area contributed by atoms with Crippen LogP contribution in [0.4, 0.5) is 0 Å². The molecule has 0 saturated heterocycles. The van der Waals surface area contributed by atoms with Gasteiger partial charge in [-0.1, -0.05) is 6.92 Å². The first-order valence-electron chi connectivity index (χ1n) is 4.69. The predicted molar refractivity (Wildman–Crippen MR) is 52.3 cm³/mol. The summed E-state index contributed by atoms with van der Waals surface area (Å²) in [6, 6.07) is 0. The van der Waals surface area contributed by atoms with E-state index in [4.69, 9.17) is 20.4 Å². The van der Waals surface area contributed by atoms with Crippen LogP contribution in [0.1, 0.15) is 39.0 Å². The summed E-state index contributed by atoms with van der Waals surface area (Å²) in [4.78, 5) is 19.8. The number of rotatable bonds is 6. The maximum Gasteiger partial charge on any atom is 0.303 e. The fourth-order valence-corrected chi connectivity index (χ4v) is 0.552. The molecular weight excluding hydrogens is 204 g/mol. The van der Waals surface area contributed by atoms with Crippen LogP contribution in [-0.2, 0) is 9.59 Å². The van der Waals surface area contributed by atoms with Gasteiger partial charge in [0.05, 0.1) is 0 Å². The van der Waals surface area contributed by atoms with Crippen LogP contribution in [-0.4, -0.2) is 38.7 Å². The van der Waals surface area contributed by atoms with Crippen LogP contribution < -0.4 is 0 Å². The number of hydrogen-bond acceptors (Lipinski definition) is 4. The van der Waals surface area contributed by atoms with Gasteiger partial charge in [0.2, 0.25) is 0 Å². The maximum absolute atomic E-state index is 9.90. The van der Waals surface area contributed by atoms with Crippen molar-refractivity contribution < 1.29 is 30.0 Å². The van der Waals surface area contributed by atoms with Gasteiger partial charge in [0.15, 0.2) is 6.29 Å². The Balaban J connectivity index is 0. The third kappa shape index (κ3) is 24.6. The number of carbonyl (C=O) groups is 2. The van der Waals surface area contributed by atoms with Gasteiger partial charge in [-0.2, -0.15) is 0 Å². The molecule has 0 aromatic carbocycles. The van der Waals surface area contributed by atoms with Crippen LogP contribution in [0.15, 0.2) is 0 Å². The monoisotopic (exact) mass is 222 g/mol. The molecule has 0 aromatic rings. The molecule has 15 heavy (non-hydrogen) atoms. The predicted octanol–water partition coefficient (Wildman–Crippen LogP) is 0.423. The van der Waals surface area contributed by atoms with Crippen LogP contribution in [0, 0.1) is 0 Å². The molecule has 0 atom stereocenters. The number of aliphatic hydroxyl groups is 2. The van der Waals surface area contributed by atoms with Crippen molar-refractivity contribution in [2.75, 3.05) is 0 Å². The lowest BCUT2D eigenvalue weighted by atomic mass is 10.2. The van der Waals surface area contributed by atoms with Gasteiger partial charge in [-0.05, 0) is 19.3 Å². The SMILES string of the molecule is CCC(O)O.O=C(O)CCCCC(=O)O. The number of carboxylic acids is 2. The van der Waals surface area contributed by atoms with Crippen LogP contribution in [0.3, 0.4) is 0 Å². The van der Waals surface area contributed by atoms with E-state index >= 15 is 0 Å². The molecule has 0 unspecified atom stereocenters. The maximum atomic E-state index is 9.90. The van der Waals surface area contributed by atoms with E-state index in [9.17, 15) is 9.59 Å². The molecule has 0 amide bonds. The molecule has 0 spiro atoms. The van der Waals surface area contributed by atoms with Crippen molar-refractivity contribution in [1.82, 2.24) is 0 Å². The van der Waals surface area contributed by atoms with Crippen molar-refractivity contribution in [3.05, 3.63) is 0 Å². The summed E-state index contributed by atoms with van der Waals surface area (Å²) in [5.74, 6) is -1.74. The summed E-state index contributed by atoms with van der Waals surface area (Å²) in [5, 5.41) is 32.1. The third-order valence-electron chi connectivity index (χ3n) is 1.40. The number of carboxylic acid groups (broad SMARTS) is 2. The lowest BCUT2D eigenvalue weighted by Crippen LogP contribution is -1.99. The van der Waals surface area contributed by atoms with Gasteiger partial charge < -0.3 is 20.4 Å². The topological polar surface area (TPSA) is 115 Å². The van der Waals surface area contributed by atoms with E-state index in [0.29, 0.717) is 19.3 Å². The third-order valence-corrected chi connectivity index (χ3v) is 1.40. The minimum atomic E-state index is -1.12. The molecule has 6 nitrogen and oxygen atoms in total. The minimum absolute atomic E-state index is 0.0628. The van der Waals surface area contributed by atoms with Crippen molar-refractivity contribution in [2.45, 2.75) is 45.3 Å². The van der Waals surface area contributed by atoms with E-state index in [1.165, 1.54) is 0 Å². The van der Waals surface area contributed by atoms with Gasteiger partial charge in [-0.25, -0.2) is 0 Å². The molecule has 0 aliphatic heterocycles. The Morgan fingerprint density at radius 1 is 1.00 bits per heavy atom. The lowest BCUT2D eigenvalue weighted by molar-refractivity contribution is -0.139. The summed E-state index contributed by atoms with van der Waals surface area (Å²) >= 11 is 0. The Hall–Kier alpha value is -1.14. The van der Waals surface area contributed by atoms with E-state index < -0.39 is 18.2 Å². The average molecular weight is 222 g/mol. The zero-order valence-corrected chi connectivity index (χ0v) is 8.72. The summed E-state index contributed by atoms with van der Waals surface area (Å²) in [7, 11) is 0. The summed E-state index contributed by atoms with van der Waals surface area (Å²) in [5.41, 5.74) is 0. The largest absolute Gasteiger partial charge is 0.481 e. The van der Waals surface area contributed by atoms with E-state index in [1.54, 1.807) is 6.92 Å². The molecule has 4 N–H and O–H groups in total. The molecule has 0 saturated carbocycles. The first-order chi connectivity index (χ1) is 6.90. The van der Waals surface area contributed by atoms with Crippen molar-refractivity contribution in [3.63, 3.8) is 0 Å². The van der Waals surface area contributed by atoms with E-state index in [2.05, 4.69) is 0 Å². The fourth-order valence-electron chi connectivity index (χ4n) is 0.552. The Morgan fingerprint density at radius 2 is 1.27 bits per heavy atom. The fraction of sp³-hybridized carbons (Fsp3) is 0.778. The highest BCUT2D eigenvalue weighted by Crippen LogP contribution is 1.98. The zero-order valence-electron chi connectivity index (χ0n) is 8.72. The minimum Gasteiger partial charge on any atom is -0.481 e. The van der Waals surface area contributed by atoms with Gasteiger partial charge in [0, 0.05) is 12.8 Å². The molecule has 0 heterocycles. The van der Waals surface area contributed by atoms with Crippen LogP contribution >= 0.6 is 0 Å². The molecule has 0 fully saturated rings. The van der Waals surface area contributed by atoms with E-state index in [0.717, 1.165) is 0 Å². The van der Waals surface area contributed by atoms with Gasteiger partial charge >= 0.3 is 11.9 Å². The highest BCUT2D eigenvalue weighted by Gasteiger charge is 1.99. The van der Waals surface area contributed by atoms with Gasteiger partial charge in [-0.3, -0.25) is 9.59 Å². The molecule has 0 aromatic heterocycles. The Morgan fingerprint density at radius 3 is 1.40 bits per heavy atom. The van der Waals surface area contributed by atoms with E-state index in [1.807, 2.05) is 0 Å². The Bertz CT molecular complexity index is 161. The highest BCUT2D eigenvalue weighted by atomic mass is 16.5. The summed E-state index contributed by atoms with van der Waals surface area (Å²) in [6.07, 6.45) is 0.319. The second-order valence-electron chi connectivity index (χ2n) is 2.88. The molecule has 0 aliphatic carbocycles. The van der Waals surface area contributed by atoms with Gasteiger partial charge in [0.25, 0.3) is 0 Å². The molecule has 0 radical (unpaired) electrons. The molecule has 0 bridgehead atoms. The van der Waals surface area contributed by atoms with Crippen LogP contribution in [0.2, 0.25) is 0 Å². The highest BCUT2D eigenvalue weighted by molar-refractivity contribution is 5.67. The summed E-state index contributed by atoms with van der Waals surface area (Å²) < 4.78 is 0. The number of aliphatic hydroxyl groups excluding tert-OH is 1. The first-order valence-corrected chi connectivity index (χ1v) is 4.69. The number of aliphatic carboxylic acids is 2. The molecule has 6 heteroatoms. The number of hydrogen-bond donors (Lipinski definition) is 4. The van der Waals surface area contributed by atoms with Crippen LogP contribution in [0.25, 0.3) is 0 Å². The Labute approximate surface area is 88.2 Å². The second-order valence-corrected chi connectivity index (χ2v) is 2.88. The molecule has 0 rings (SSSR count). The normalized spacial score (nSPS) is 9.33. The first kappa shape index (κ1) is 16.3. The number of unbranched alkanes of at least 4 members (excludes halogenated alkanes) is 1. The van der Waals surface area contributed by atoms with Crippen molar-refractivity contribution in [2.24, 2.45) is 0 Å². The zero-order chi connectivity index (χ0) is 12.3.